The van der Waals surface area contributed by atoms with Crippen molar-refractivity contribution in [1.82, 2.24) is 25.3 Å². The van der Waals surface area contributed by atoms with Crippen molar-refractivity contribution in [2.45, 2.75) is 64.3 Å². The van der Waals surface area contributed by atoms with Crippen molar-refractivity contribution in [1.29, 1.82) is 0 Å². The Morgan fingerprint density at radius 3 is 2.19 bits per heavy atom. The van der Waals surface area contributed by atoms with E-state index in [1.54, 1.807) is 0 Å². The lowest BCUT2D eigenvalue weighted by Crippen LogP contribution is -2.55. The standard InChI is InChI=1S/C23H44N6O.HI/c1-23(2,29-12-7-4-8-13-29)19-26-22(24-3)25-11-14-27-15-17-28(18-16-27)21(30)20-9-5-6-10-20;/h20H,4-19H2,1-3H3,(H2,24,25,26);1H. The molecule has 3 rings (SSSR count). The Labute approximate surface area is 206 Å². The van der Waals surface area contributed by atoms with Crippen LogP contribution in [0.2, 0.25) is 0 Å². The second-order valence-electron chi connectivity index (χ2n) is 9.86. The molecule has 0 aromatic heterocycles. The quantitative estimate of drug-likeness (QED) is 0.291. The first kappa shape index (κ1) is 26.6. The molecule has 0 radical (unpaired) electrons. The van der Waals surface area contributed by atoms with Gasteiger partial charge in [0.25, 0.3) is 0 Å². The number of halogens is 1. The summed E-state index contributed by atoms with van der Waals surface area (Å²) >= 11 is 0. The van der Waals surface area contributed by atoms with Crippen LogP contribution >= 0.6 is 24.0 Å². The largest absolute Gasteiger partial charge is 0.355 e. The van der Waals surface area contributed by atoms with Gasteiger partial charge in [0.2, 0.25) is 5.91 Å². The number of rotatable bonds is 7. The highest BCUT2D eigenvalue weighted by Gasteiger charge is 2.30. The van der Waals surface area contributed by atoms with Crippen molar-refractivity contribution in [2.75, 3.05) is 66.0 Å². The minimum atomic E-state index is 0. The summed E-state index contributed by atoms with van der Waals surface area (Å²) in [5.74, 6) is 1.60. The van der Waals surface area contributed by atoms with E-state index in [0.29, 0.717) is 11.8 Å². The molecule has 0 atom stereocenters. The molecule has 0 aromatic carbocycles. The molecular formula is C23H45IN6O. The summed E-state index contributed by atoms with van der Waals surface area (Å²) in [6, 6.07) is 0. The Balaban J connectivity index is 0.00000341. The molecule has 1 amide bonds. The van der Waals surface area contributed by atoms with E-state index in [9.17, 15) is 4.79 Å². The van der Waals surface area contributed by atoms with Crippen LogP contribution in [-0.2, 0) is 4.79 Å². The minimum Gasteiger partial charge on any atom is -0.355 e. The molecule has 3 aliphatic rings. The molecule has 31 heavy (non-hydrogen) atoms. The number of guanidine groups is 1. The number of hydrogen-bond donors (Lipinski definition) is 2. The summed E-state index contributed by atoms with van der Waals surface area (Å²) in [5.41, 5.74) is 0.139. The van der Waals surface area contributed by atoms with Gasteiger partial charge in [-0.25, -0.2) is 0 Å². The van der Waals surface area contributed by atoms with Crippen LogP contribution in [0.15, 0.2) is 4.99 Å². The average Bonchev–Trinajstić information content (AvgIpc) is 3.31. The van der Waals surface area contributed by atoms with E-state index in [2.05, 4.69) is 44.2 Å². The molecule has 1 saturated carbocycles. The number of carbonyl (C=O) groups is 1. The lowest BCUT2D eigenvalue weighted by Gasteiger charge is -2.41. The van der Waals surface area contributed by atoms with Gasteiger partial charge in [-0.2, -0.15) is 0 Å². The fourth-order valence-electron chi connectivity index (χ4n) is 5.09. The Bertz CT molecular complexity index is 564. The van der Waals surface area contributed by atoms with Crippen molar-refractivity contribution in [3.8, 4) is 0 Å². The first-order chi connectivity index (χ1) is 14.5. The topological polar surface area (TPSA) is 63.2 Å². The van der Waals surface area contributed by atoms with Gasteiger partial charge in [0.1, 0.15) is 0 Å². The number of piperazine rings is 1. The fourth-order valence-corrected chi connectivity index (χ4v) is 5.09. The third-order valence-corrected chi connectivity index (χ3v) is 7.23. The number of carbonyl (C=O) groups excluding carboxylic acids is 1. The molecule has 3 fully saturated rings. The van der Waals surface area contributed by atoms with E-state index in [0.717, 1.165) is 64.6 Å². The van der Waals surface area contributed by atoms with Gasteiger partial charge in [-0.15, -0.1) is 24.0 Å². The number of likely N-dealkylation sites (tertiary alicyclic amines) is 1. The summed E-state index contributed by atoms with van der Waals surface area (Å²) < 4.78 is 0. The van der Waals surface area contributed by atoms with E-state index in [1.807, 2.05) is 7.05 Å². The van der Waals surface area contributed by atoms with Gasteiger partial charge in [0.05, 0.1) is 0 Å². The Hall–Kier alpha value is -0.610. The maximum Gasteiger partial charge on any atom is 0.225 e. The second-order valence-corrected chi connectivity index (χ2v) is 9.86. The molecule has 0 unspecified atom stereocenters. The second kappa shape index (κ2) is 13.2. The van der Waals surface area contributed by atoms with Crippen LogP contribution in [0, 0.1) is 5.92 Å². The van der Waals surface area contributed by atoms with Gasteiger partial charge in [-0.3, -0.25) is 19.6 Å². The number of nitrogens with one attached hydrogen (secondary N) is 2. The van der Waals surface area contributed by atoms with Crippen LogP contribution in [0.1, 0.15) is 58.8 Å². The normalized spacial score (nSPS) is 22.3. The van der Waals surface area contributed by atoms with Crippen LogP contribution in [-0.4, -0.2) is 98.1 Å². The predicted molar refractivity (Wildman–Crippen MR) is 139 cm³/mol. The van der Waals surface area contributed by atoms with Crippen LogP contribution in [0.3, 0.4) is 0 Å². The maximum absolute atomic E-state index is 12.6. The first-order valence-electron chi connectivity index (χ1n) is 12.2. The molecule has 2 heterocycles. The van der Waals surface area contributed by atoms with Crippen LogP contribution in [0.25, 0.3) is 0 Å². The van der Waals surface area contributed by atoms with E-state index in [4.69, 9.17) is 0 Å². The van der Waals surface area contributed by atoms with Gasteiger partial charge >= 0.3 is 0 Å². The number of amides is 1. The molecule has 2 N–H and O–H groups in total. The van der Waals surface area contributed by atoms with Crippen LogP contribution in [0.5, 0.6) is 0 Å². The van der Waals surface area contributed by atoms with Crippen molar-refractivity contribution in [3.63, 3.8) is 0 Å². The lowest BCUT2D eigenvalue weighted by atomic mass is 9.98. The van der Waals surface area contributed by atoms with Crippen molar-refractivity contribution >= 4 is 35.8 Å². The monoisotopic (exact) mass is 548 g/mol. The summed E-state index contributed by atoms with van der Waals surface area (Å²) in [6.07, 6.45) is 8.66. The van der Waals surface area contributed by atoms with Crippen LogP contribution < -0.4 is 10.6 Å². The van der Waals surface area contributed by atoms with E-state index < -0.39 is 0 Å². The smallest absolute Gasteiger partial charge is 0.225 e. The molecular weight excluding hydrogens is 503 g/mol. The molecule has 2 saturated heterocycles. The zero-order valence-corrected chi connectivity index (χ0v) is 22.3. The highest BCUT2D eigenvalue weighted by atomic mass is 127. The highest BCUT2D eigenvalue weighted by molar-refractivity contribution is 14.0. The summed E-state index contributed by atoms with van der Waals surface area (Å²) in [6.45, 7) is 13.5. The van der Waals surface area contributed by atoms with Crippen molar-refractivity contribution < 1.29 is 4.79 Å². The molecule has 8 heteroatoms. The van der Waals surface area contributed by atoms with Gasteiger partial charge in [-0.05, 0) is 52.6 Å². The van der Waals surface area contributed by atoms with Gasteiger partial charge in [-0.1, -0.05) is 19.3 Å². The number of piperidine rings is 1. The zero-order chi connectivity index (χ0) is 21.4. The summed E-state index contributed by atoms with van der Waals surface area (Å²) in [5, 5.41) is 6.99. The number of nitrogens with zero attached hydrogens (tertiary/aromatic N) is 4. The molecule has 0 bridgehead atoms. The Morgan fingerprint density at radius 2 is 1.58 bits per heavy atom. The fraction of sp³-hybridized carbons (Fsp3) is 0.913. The van der Waals surface area contributed by atoms with E-state index in [-0.39, 0.29) is 29.5 Å². The van der Waals surface area contributed by atoms with E-state index in [1.165, 1.54) is 45.2 Å². The molecule has 0 spiro atoms. The zero-order valence-electron chi connectivity index (χ0n) is 20.0. The number of hydrogen-bond acceptors (Lipinski definition) is 4. The summed E-state index contributed by atoms with van der Waals surface area (Å²) in [7, 11) is 1.84. The Morgan fingerprint density at radius 1 is 0.935 bits per heavy atom. The predicted octanol–water partition coefficient (Wildman–Crippen LogP) is 2.37. The van der Waals surface area contributed by atoms with Crippen LogP contribution in [0.4, 0.5) is 0 Å². The Kier molecular flexibility index (Phi) is 11.3. The van der Waals surface area contributed by atoms with Gasteiger partial charge in [0, 0.05) is 64.3 Å². The number of aliphatic imine (C=N–C) groups is 1. The maximum atomic E-state index is 12.6. The van der Waals surface area contributed by atoms with E-state index >= 15 is 0 Å². The SMILES string of the molecule is CN=C(NCCN1CCN(C(=O)C2CCCC2)CC1)NCC(C)(C)N1CCCCC1.I. The molecule has 7 nitrogen and oxygen atoms in total. The van der Waals surface area contributed by atoms with Crippen molar-refractivity contribution in [2.24, 2.45) is 10.9 Å². The molecule has 2 aliphatic heterocycles. The molecule has 0 aromatic rings. The average molecular weight is 549 g/mol. The van der Waals surface area contributed by atoms with Gasteiger partial charge in [0.15, 0.2) is 5.96 Å². The third kappa shape index (κ3) is 8.03. The van der Waals surface area contributed by atoms with Gasteiger partial charge < -0.3 is 15.5 Å². The lowest BCUT2D eigenvalue weighted by molar-refractivity contribution is -0.137. The minimum absolute atomic E-state index is 0. The van der Waals surface area contributed by atoms with Crippen molar-refractivity contribution in [3.05, 3.63) is 0 Å². The summed E-state index contributed by atoms with van der Waals surface area (Å²) in [4.78, 5) is 24.1. The molecule has 180 valence electrons. The highest BCUT2D eigenvalue weighted by Crippen LogP contribution is 2.27. The molecule has 1 aliphatic carbocycles. The first-order valence-corrected chi connectivity index (χ1v) is 12.2. The third-order valence-electron chi connectivity index (χ3n) is 7.23.